The number of methoxy groups -OCH3 is 1. The van der Waals surface area contributed by atoms with Crippen molar-refractivity contribution in [3.63, 3.8) is 0 Å². The van der Waals surface area contributed by atoms with E-state index >= 15 is 0 Å². The summed E-state index contributed by atoms with van der Waals surface area (Å²) < 4.78 is 4.76. The Morgan fingerprint density at radius 1 is 1.03 bits per heavy atom. The highest BCUT2D eigenvalue weighted by Gasteiger charge is 2.13. The van der Waals surface area contributed by atoms with Crippen LogP contribution in [0.5, 0.6) is 0 Å². The molecule has 1 aromatic heterocycles. The van der Waals surface area contributed by atoms with E-state index in [0.717, 1.165) is 22.2 Å². The van der Waals surface area contributed by atoms with Crippen LogP contribution in [0.4, 0.5) is 5.69 Å². The molecule has 0 radical (unpaired) electrons. The molecule has 150 valence electrons. The van der Waals surface area contributed by atoms with E-state index in [1.54, 1.807) is 54.6 Å². The fourth-order valence-corrected chi connectivity index (χ4v) is 3.41. The Morgan fingerprint density at radius 3 is 2.57 bits per heavy atom. The maximum absolute atomic E-state index is 12.6. The van der Waals surface area contributed by atoms with Crippen molar-refractivity contribution in [1.29, 1.82) is 0 Å². The summed E-state index contributed by atoms with van der Waals surface area (Å²) in [7, 11) is 1.35. The molecule has 0 bridgehead atoms. The number of amides is 1. The molecule has 3 aromatic carbocycles. The number of aromatic amines is 1. The largest absolute Gasteiger partial charge is 0.465 e. The molecule has 2 N–H and O–H groups in total. The molecule has 0 aliphatic heterocycles. The van der Waals surface area contributed by atoms with Gasteiger partial charge in [-0.1, -0.05) is 23.7 Å². The van der Waals surface area contributed by atoms with E-state index in [1.807, 2.05) is 13.0 Å². The Balaban J connectivity index is 1.63. The first-order valence-corrected chi connectivity index (χ1v) is 9.58. The van der Waals surface area contributed by atoms with Crippen molar-refractivity contribution in [2.24, 2.45) is 0 Å². The number of benzene rings is 3. The first kappa shape index (κ1) is 19.7. The number of ether oxygens (including phenoxy) is 1. The molecule has 0 spiro atoms. The van der Waals surface area contributed by atoms with Gasteiger partial charge in [0.1, 0.15) is 5.82 Å². The summed E-state index contributed by atoms with van der Waals surface area (Å²) in [4.78, 5) is 32.2. The number of nitrogens with one attached hydrogen (secondary N) is 2. The van der Waals surface area contributed by atoms with Crippen LogP contribution in [-0.2, 0) is 4.74 Å². The molecule has 1 heterocycles. The highest BCUT2D eigenvalue weighted by molar-refractivity contribution is 6.31. The molecule has 0 atom stereocenters. The topological polar surface area (TPSA) is 84.1 Å². The van der Waals surface area contributed by atoms with E-state index in [-0.39, 0.29) is 11.9 Å². The number of rotatable bonds is 4. The Bertz CT molecular complexity index is 1280. The summed E-state index contributed by atoms with van der Waals surface area (Å²) in [6.45, 7) is 1.90. The van der Waals surface area contributed by atoms with Gasteiger partial charge in [-0.05, 0) is 61.0 Å². The number of esters is 1. The number of imidazole rings is 1. The number of halogens is 1. The quantitative estimate of drug-likeness (QED) is 0.443. The third-order valence-electron chi connectivity index (χ3n) is 4.73. The van der Waals surface area contributed by atoms with Crippen LogP contribution in [0.25, 0.3) is 22.4 Å². The number of H-pyrrole nitrogens is 1. The molecule has 0 fully saturated rings. The van der Waals surface area contributed by atoms with Gasteiger partial charge in [-0.3, -0.25) is 4.79 Å². The van der Waals surface area contributed by atoms with E-state index in [2.05, 4.69) is 15.3 Å². The standard InChI is InChI=1S/C23H18ClN3O3/c1-13-10-15(23(29)30-2)6-8-18(13)21-26-19-9-7-14(11-20(19)27-21)22(28)25-17-5-3-4-16(24)12-17/h3-12H,1-2H3,(H,25,28)(H,26,27). The number of aryl methyl sites for hydroxylation is 1. The number of hydrogen-bond donors (Lipinski definition) is 2. The van der Waals surface area contributed by atoms with Crippen molar-refractivity contribution >= 4 is 40.2 Å². The van der Waals surface area contributed by atoms with Gasteiger partial charge in [0.2, 0.25) is 0 Å². The third kappa shape index (κ3) is 3.90. The molecular weight excluding hydrogens is 402 g/mol. The van der Waals surface area contributed by atoms with Crippen LogP contribution in [0, 0.1) is 6.92 Å². The van der Waals surface area contributed by atoms with Gasteiger partial charge in [-0.15, -0.1) is 0 Å². The van der Waals surface area contributed by atoms with Gasteiger partial charge in [-0.25, -0.2) is 9.78 Å². The average Bonchev–Trinajstić information content (AvgIpc) is 3.16. The van der Waals surface area contributed by atoms with Crippen LogP contribution in [0.2, 0.25) is 5.02 Å². The number of anilines is 1. The summed E-state index contributed by atoms with van der Waals surface area (Å²) in [6, 6.07) is 17.5. The molecule has 0 unspecified atom stereocenters. The lowest BCUT2D eigenvalue weighted by molar-refractivity contribution is 0.0600. The van der Waals surface area contributed by atoms with E-state index in [0.29, 0.717) is 27.7 Å². The number of carbonyl (C=O) groups excluding carboxylic acids is 2. The molecule has 0 saturated carbocycles. The van der Waals surface area contributed by atoms with Gasteiger partial charge in [0, 0.05) is 21.8 Å². The first-order valence-electron chi connectivity index (χ1n) is 9.20. The van der Waals surface area contributed by atoms with Crippen molar-refractivity contribution in [2.75, 3.05) is 12.4 Å². The van der Waals surface area contributed by atoms with Gasteiger partial charge in [0.25, 0.3) is 5.91 Å². The van der Waals surface area contributed by atoms with Gasteiger partial charge in [0.15, 0.2) is 0 Å². The molecule has 0 aliphatic rings. The lowest BCUT2D eigenvalue weighted by Gasteiger charge is -2.05. The second-order valence-corrected chi connectivity index (χ2v) is 7.24. The minimum absolute atomic E-state index is 0.242. The molecule has 4 aromatic rings. The van der Waals surface area contributed by atoms with Crippen molar-refractivity contribution in [3.8, 4) is 11.4 Å². The van der Waals surface area contributed by atoms with Crippen molar-refractivity contribution in [1.82, 2.24) is 9.97 Å². The lowest BCUT2D eigenvalue weighted by atomic mass is 10.0. The summed E-state index contributed by atoms with van der Waals surface area (Å²) in [5, 5.41) is 3.38. The summed E-state index contributed by atoms with van der Waals surface area (Å²) >= 11 is 5.97. The van der Waals surface area contributed by atoms with Crippen molar-refractivity contribution in [2.45, 2.75) is 6.92 Å². The average molecular weight is 420 g/mol. The lowest BCUT2D eigenvalue weighted by Crippen LogP contribution is -2.11. The fourth-order valence-electron chi connectivity index (χ4n) is 3.22. The number of nitrogens with zero attached hydrogens (tertiary/aromatic N) is 1. The van der Waals surface area contributed by atoms with E-state index in [4.69, 9.17) is 16.3 Å². The zero-order chi connectivity index (χ0) is 21.3. The van der Waals surface area contributed by atoms with Crippen LogP contribution in [0.3, 0.4) is 0 Å². The van der Waals surface area contributed by atoms with Gasteiger partial charge >= 0.3 is 5.97 Å². The van der Waals surface area contributed by atoms with Crippen molar-refractivity contribution < 1.29 is 14.3 Å². The molecule has 30 heavy (non-hydrogen) atoms. The molecule has 0 saturated heterocycles. The van der Waals surface area contributed by atoms with Crippen LogP contribution >= 0.6 is 11.6 Å². The van der Waals surface area contributed by atoms with Crippen LogP contribution in [-0.4, -0.2) is 29.0 Å². The molecule has 0 aliphatic carbocycles. The molecule has 6 nitrogen and oxygen atoms in total. The summed E-state index contributed by atoms with van der Waals surface area (Å²) in [6.07, 6.45) is 0. The zero-order valence-electron chi connectivity index (χ0n) is 16.3. The Hall–Kier alpha value is -3.64. The predicted octanol–water partition coefficient (Wildman–Crippen LogP) is 5.23. The first-order chi connectivity index (χ1) is 14.4. The summed E-state index contributed by atoms with van der Waals surface area (Å²) in [5.41, 5.74) is 4.82. The minimum atomic E-state index is -0.385. The van der Waals surface area contributed by atoms with Crippen LogP contribution in [0.1, 0.15) is 26.3 Å². The molecule has 7 heteroatoms. The normalized spacial score (nSPS) is 10.8. The highest BCUT2D eigenvalue weighted by atomic mass is 35.5. The zero-order valence-corrected chi connectivity index (χ0v) is 17.1. The second kappa shape index (κ2) is 8.00. The molecular formula is C23H18ClN3O3. The number of aromatic nitrogens is 2. The molecule has 4 rings (SSSR count). The maximum atomic E-state index is 12.6. The highest BCUT2D eigenvalue weighted by Crippen LogP contribution is 2.25. The van der Waals surface area contributed by atoms with E-state index < -0.39 is 0 Å². The third-order valence-corrected chi connectivity index (χ3v) is 4.96. The maximum Gasteiger partial charge on any atom is 0.337 e. The minimum Gasteiger partial charge on any atom is -0.465 e. The van der Waals surface area contributed by atoms with Crippen LogP contribution < -0.4 is 5.32 Å². The fraction of sp³-hybridized carbons (Fsp3) is 0.0870. The number of hydrogen-bond acceptors (Lipinski definition) is 4. The number of carbonyl (C=O) groups is 2. The van der Waals surface area contributed by atoms with E-state index in [1.165, 1.54) is 7.11 Å². The predicted molar refractivity (Wildman–Crippen MR) is 117 cm³/mol. The monoisotopic (exact) mass is 419 g/mol. The Kier molecular flexibility index (Phi) is 5.25. The summed E-state index contributed by atoms with van der Waals surface area (Å²) in [5.74, 6) is 0.0323. The molecule has 1 amide bonds. The Labute approximate surface area is 177 Å². The second-order valence-electron chi connectivity index (χ2n) is 6.80. The van der Waals surface area contributed by atoms with Gasteiger partial charge in [0.05, 0.1) is 23.7 Å². The van der Waals surface area contributed by atoms with E-state index in [9.17, 15) is 9.59 Å². The van der Waals surface area contributed by atoms with Crippen LogP contribution in [0.15, 0.2) is 60.7 Å². The smallest absolute Gasteiger partial charge is 0.337 e. The number of fused-ring (bicyclic) bond motifs is 1. The SMILES string of the molecule is COC(=O)c1ccc(-c2nc3ccc(C(=O)Nc4cccc(Cl)c4)cc3[nH]2)c(C)c1. The van der Waals surface area contributed by atoms with Gasteiger partial charge in [-0.2, -0.15) is 0 Å². The Morgan fingerprint density at radius 2 is 1.83 bits per heavy atom. The van der Waals surface area contributed by atoms with Crippen molar-refractivity contribution in [3.05, 3.63) is 82.4 Å². The van der Waals surface area contributed by atoms with Gasteiger partial charge < -0.3 is 15.0 Å².